The van der Waals surface area contributed by atoms with Crippen molar-refractivity contribution in [1.82, 2.24) is 15.3 Å². The Morgan fingerprint density at radius 2 is 2.28 bits per heavy atom. The van der Waals surface area contributed by atoms with Crippen molar-refractivity contribution < 1.29 is 0 Å². The van der Waals surface area contributed by atoms with Crippen molar-refractivity contribution >= 4 is 5.82 Å². The molecule has 0 amide bonds. The molecule has 1 aliphatic heterocycles. The Hall–Kier alpha value is -1.16. The molecule has 2 heterocycles. The van der Waals surface area contributed by atoms with E-state index in [0.29, 0.717) is 11.8 Å². The highest BCUT2D eigenvalue weighted by atomic mass is 15.2. The van der Waals surface area contributed by atoms with Crippen LogP contribution in [0.25, 0.3) is 0 Å². The first kappa shape index (κ1) is 13.3. The maximum absolute atomic E-state index is 4.45. The van der Waals surface area contributed by atoms with Crippen molar-refractivity contribution in [2.24, 2.45) is 5.92 Å². The minimum Gasteiger partial charge on any atom is -0.359 e. The molecule has 0 radical (unpaired) electrons. The molecule has 0 aromatic carbocycles. The number of aromatic nitrogens is 2. The van der Waals surface area contributed by atoms with E-state index < -0.39 is 0 Å². The zero-order valence-electron chi connectivity index (χ0n) is 11.7. The Morgan fingerprint density at radius 1 is 1.44 bits per heavy atom. The van der Waals surface area contributed by atoms with Crippen LogP contribution in [0, 0.1) is 5.92 Å². The van der Waals surface area contributed by atoms with Crippen LogP contribution in [0.5, 0.6) is 0 Å². The van der Waals surface area contributed by atoms with Crippen LogP contribution in [0.3, 0.4) is 0 Å². The van der Waals surface area contributed by atoms with Gasteiger partial charge in [0, 0.05) is 32.1 Å². The number of nitrogens with zero attached hydrogens (tertiary/aromatic N) is 3. The second-order valence-electron chi connectivity index (χ2n) is 5.62. The monoisotopic (exact) mass is 248 g/mol. The van der Waals surface area contributed by atoms with Crippen LogP contribution in [-0.4, -0.2) is 36.6 Å². The van der Waals surface area contributed by atoms with Gasteiger partial charge in [-0.05, 0) is 25.3 Å². The minimum atomic E-state index is 0.549. The first-order valence-electron chi connectivity index (χ1n) is 6.90. The molecule has 0 spiro atoms. The summed E-state index contributed by atoms with van der Waals surface area (Å²) in [5.74, 6) is 2.23. The van der Waals surface area contributed by atoms with Gasteiger partial charge in [-0.15, -0.1) is 0 Å². The standard InChI is InChI=1S/C14H24N4/c1-11(2)9-18(3)14-7-13(16-10-17-14)12-5-4-6-15-8-12/h7,10-12,15H,4-6,8-9H2,1-3H3/t12-/m0/s1. The Bertz CT molecular complexity index is 372. The van der Waals surface area contributed by atoms with Crippen LogP contribution < -0.4 is 10.2 Å². The van der Waals surface area contributed by atoms with E-state index in [1.54, 1.807) is 6.33 Å². The van der Waals surface area contributed by atoms with E-state index in [4.69, 9.17) is 0 Å². The summed E-state index contributed by atoms with van der Waals surface area (Å²) in [6.45, 7) is 7.67. The zero-order chi connectivity index (χ0) is 13.0. The lowest BCUT2D eigenvalue weighted by Gasteiger charge is -2.24. The molecule has 1 fully saturated rings. The van der Waals surface area contributed by atoms with Gasteiger partial charge in [-0.1, -0.05) is 13.8 Å². The highest BCUT2D eigenvalue weighted by molar-refractivity contribution is 5.38. The molecule has 0 bridgehead atoms. The number of anilines is 1. The highest BCUT2D eigenvalue weighted by Gasteiger charge is 2.17. The average Bonchev–Trinajstić information content (AvgIpc) is 2.39. The van der Waals surface area contributed by atoms with Gasteiger partial charge in [0.1, 0.15) is 12.1 Å². The van der Waals surface area contributed by atoms with E-state index in [9.17, 15) is 0 Å². The van der Waals surface area contributed by atoms with Crippen molar-refractivity contribution in [1.29, 1.82) is 0 Å². The van der Waals surface area contributed by atoms with E-state index >= 15 is 0 Å². The van der Waals surface area contributed by atoms with E-state index in [1.165, 1.54) is 18.5 Å². The number of hydrogen-bond donors (Lipinski definition) is 1. The summed E-state index contributed by atoms with van der Waals surface area (Å²) < 4.78 is 0. The van der Waals surface area contributed by atoms with Gasteiger partial charge in [0.05, 0.1) is 5.69 Å². The first-order valence-corrected chi connectivity index (χ1v) is 6.90. The Kier molecular flexibility index (Phi) is 4.53. The third-order valence-electron chi connectivity index (χ3n) is 3.42. The fourth-order valence-corrected chi connectivity index (χ4v) is 2.54. The normalized spacial score (nSPS) is 20.1. The molecule has 1 aliphatic rings. The van der Waals surface area contributed by atoms with Crippen LogP contribution in [0.4, 0.5) is 5.82 Å². The SMILES string of the molecule is CC(C)CN(C)c1cc([C@H]2CCCNC2)ncn1. The fourth-order valence-electron chi connectivity index (χ4n) is 2.54. The second-order valence-corrected chi connectivity index (χ2v) is 5.62. The van der Waals surface area contributed by atoms with Crippen molar-refractivity contribution in [2.45, 2.75) is 32.6 Å². The molecule has 2 rings (SSSR count). The molecule has 1 aromatic heterocycles. The van der Waals surface area contributed by atoms with Gasteiger partial charge < -0.3 is 10.2 Å². The van der Waals surface area contributed by atoms with Crippen molar-refractivity contribution in [3.05, 3.63) is 18.1 Å². The van der Waals surface area contributed by atoms with Gasteiger partial charge >= 0.3 is 0 Å². The van der Waals surface area contributed by atoms with Crippen LogP contribution in [0.1, 0.15) is 38.3 Å². The van der Waals surface area contributed by atoms with Gasteiger partial charge in [-0.25, -0.2) is 9.97 Å². The highest BCUT2D eigenvalue weighted by Crippen LogP contribution is 2.23. The molecule has 0 unspecified atom stereocenters. The average molecular weight is 248 g/mol. The molecule has 100 valence electrons. The van der Waals surface area contributed by atoms with Gasteiger partial charge in [0.25, 0.3) is 0 Å². The van der Waals surface area contributed by atoms with Crippen LogP contribution >= 0.6 is 0 Å². The smallest absolute Gasteiger partial charge is 0.131 e. The van der Waals surface area contributed by atoms with Crippen LogP contribution in [0.15, 0.2) is 12.4 Å². The summed E-state index contributed by atoms with van der Waals surface area (Å²) in [6.07, 6.45) is 4.18. The number of nitrogens with one attached hydrogen (secondary N) is 1. The van der Waals surface area contributed by atoms with Crippen molar-refractivity contribution in [3.63, 3.8) is 0 Å². The maximum atomic E-state index is 4.45. The van der Waals surface area contributed by atoms with Gasteiger partial charge in [-0.2, -0.15) is 0 Å². The minimum absolute atomic E-state index is 0.549. The molecule has 1 aromatic rings. The third kappa shape index (κ3) is 3.42. The Morgan fingerprint density at radius 3 is 2.94 bits per heavy atom. The lowest BCUT2D eigenvalue weighted by Crippen LogP contribution is -2.29. The number of hydrogen-bond acceptors (Lipinski definition) is 4. The largest absolute Gasteiger partial charge is 0.359 e. The van der Waals surface area contributed by atoms with Crippen molar-refractivity contribution in [2.75, 3.05) is 31.6 Å². The summed E-state index contributed by atoms with van der Waals surface area (Å²) in [6, 6.07) is 2.15. The summed E-state index contributed by atoms with van der Waals surface area (Å²) >= 11 is 0. The van der Waals surface area contributed by atoms with Crippen molar-refractivity contribution in [3.8, 4) is 0 Å². The third-order valence-corrected chi connectivity index (χ3v) is 3.42. The maximum Gasteiger partial charge on any atom is 0.131 e. The van der Waals surface area contributed by atoms with E-state index in [-0.39, 0.29) is 0 Å². The van der Waals surface area contributed by atoms with E-state index in [1.807, 2.05) is 0 Å². The Labute approximate surface area is 110 Å². The molecule has 4 nitrogen and oxygen atoms in total. The molecule has 0 aliphatic carbocycles. The molecular formula is C14H24N4. The van der Waals surface area contributed by atoms with Gasteiger partial charge in [0.15, 0.2) is 0 Å². The zero-order valence-corrected chi connectivity index (χ0v) is 11.7. The van der Waals surface area contributed by atoms with E-state index in [2.05, 4.69) is 47.1 Å². The lowest BCUT2D eigenvalue weighted by molar-refractivity contribution is 0.454. The Balaban J connectivity index is 2.08. The molecule has 1 atom stereocenters. The second kappa shape index (κ2) is 6.14. The molecule has 0 saturated carbocycles. The topological polar surface area (TPSA) is 41.0 Å². The summed E-state index contributed by atoms with van der Waals surface area (Å²) in [5.41, 5.74) is 1.18. The molecule has 18 heavy (non-hydrogen) atoms. The molecule has 4 heteroatoms. The first-order chi connectivity index (χ1) is 8.66. The number of piperidine rings is 1. The number of rotatable bonds is 4. The molecule has 1 saturated heterocycles. The fraction of sp³-hybridized carbons (Fsp3) is 0.714. The van der Waals surface area contributed by atoms with Crippen LogP contribution in [-0.2, 0) is 0 Å². The van der Waals surface area contributed by atoms with Gasteiger partial charge in [-0.3, -0.25) is 0 Å². The lowest BCUT2D eigenvalue weighted by atomic mass is 9.96. The summed E-state index contributed by atoms with van der Waals surface area (Å²) in [4.78, 5) is 11.0. The van der Waals surface area contributed by atoms with Gasteiger partial charge in [0.2, 0.25) is 0 Å². The molecule has 1 N–H and O–H groups in total. The molecular weight excluding hydrogens is 224 g/mol. The summed E-state index contributed by atoms with van der Waals surface area (Å²) in [5, 5.41) is 3.44. The van der Waals surface area contributed by atoms with E-state index in [0.717, 1.165) is 25.5 Å². The predicted octanol–water partition coefficient (Wildman–Crippen LogP) is 2.04. The quantitative estimate of drug-likeness (QED) is 0.885. The predicted molar refractivity (Wildman–Crippen MR) is 75.0 cm³/mol. The van der Waals surface area contributed by atoms with Crippen LogP contribution in [0.2, 0.25) is 0 Å². The summed E-state index contributed by atoms with van der Waals surface area (Å²) in [7, 11) is 2.10.